The molecule has 4 heterocycles. The van der Waals surface area contributed by atoms with Crippen LogP contribution in [-0.2, 0) is 0 Å². The molecule has 0 aliphatic rings. The first-order valence-corrected chi connectivity index (χ1v) is 17.6. The minimum atomic E-state index is 1.16. The van der Waals surface area contributed by atoms with Gasteiger partial charge in [0, 0.05) is 54.5 Å². The molecule has 8 aromatic carbocycles. The number of aromatic nitrogens is 3. The summed E-state index contributed by atoms with van der Waals surface area (Å²) in [5, 5.41) is 10.2. The van der Waals surface area contributed by atoms with E-state index in [0.717, 1.165) is 5.69 Å². The molecular formula is C48H29N3. The van der Waals surface area contributed by atoms with Crippen molar-refractivity contribution in [1.82, 2.24) is 13.5 Å². The summed E-state index contributed by atoms with van der Waals surface area (Å²) in [5.41, 5.74) is 13.5. The van der Waals surface area contributed by atoms with Crippen LogP contribution < -0.4 is 0 Å². The van der Waals surface area contributed by atoms with Crippen LogP contribution in [-0.4, -0.2) is 13.5 Å². The van der Waals surface area contributed by atoms with Crippen LogP contribution >= 0.6 is 0 Å². The molecular weight excluding hydrogens is 619 g/mol. The number of fused-ring (bicyclic) bond motifs is 12. The van der Waals surface area contributed by atoms with Crippen molar-refractivity contribution in [3.63, 3.8) is 0 Å². The van der Waals surface area contributed by atoms with Crippen LogP contribution in [0.25, 0.3) is 104 Å². The van der Waals surface area contributed by atoms with E-state index in [2.05, 4.69) is 189 Å². The standard InChI is InChI=1S/C48H29N3/c1-2-12-32(13-3-1)49-42-18-8-5-15-35(42)39-29-33(23-25-47(39)49)50-43-19-9-4-14-34(43)38-26-30(22-24-46(38)50)31-27-40-36-16-6-10-20-44(36)51-45-21-11-7-17-37(45)41(28-31)48(40)51/h1-29H. The van der Waals surface area contributed by atoms with Crippen LogP contribution in [0, 0.1) is 0 Å². The van der Waals surface area contributed by atoms with Gasteiger partial charge in [0.25, 0.3) is 0 Å². The Morgan fingerprint density at radius 2 is 0.686 bits per heavy atom. The Morgan fingerprint density at radius 1 is 0.255 bits per heavy atom. The first-order valence-electron chi connectivity index (χ1n) is 17.6. The van der Waals surface area contributed by atoms with Crippen LogP contribution in [0.15, 0.2) is 176 Å². The lowest BCUT2D eigenvalue weighted by atomic mass is 9.98. The molecule has 0 spiro atoms. The lowest BCUT2D eigenvalue weighted by Crippen LogP contribution is -1.95. The zero-order chi connectivity index (χ0) is 33.2. The fourth-order valence-corrected chi connectivity index (χ4v) is 9.00. The minimum Gasteiger partial charge on any atom is -0.309 e. The molecule has 3 nitrogen and oxygen atoms in total. The van der Waals surface area contributed by atoms with Crippen LogP contribution in [0.1, 0.15) is 0 Å². The van der Waals surface area contributed by atoms with Crippen molar-refractivity contribution >= 4 is 81.7 Å². The Hall–Kier alpha value is -6.84. The van der Waals surface area contributed by atoms with Gasteiger partial charge >= 0.3 is 0 Å². The summed E-state index contributed by atoms with van der Waals surface area (Å²) in [6.45, 7) is 0. The predicted molar refractivity (Wildman–Crippen MR) is 215 cm³/mol. The SMILES string of the molecule is c1ccc(-n2c3ccccc3c3cc(-n4c5ccccc5c5cc(-c6cc7c8ccccc8n8c9ccccc9c(c6)c78)ccc54)ccc32)cc1. The summed E-state index contributed by atoms with van der Waals surface area (Å²) in [6.07, 6.45) is 0. The van der Waals surface area contributed by atoms with Gasteiger partial charge in [-0.3, -0.25) is 0 Å². The number of nitrogens with zero attached hydrogens (tertiary/aromatic N) is 3. The summed E-state index contributed by atoms with van der Waals surface area (Å²) in [4.78, 5) is 0. The van der Waals surface area contributed by atoms with Gasteiger partial charge in [0.2, 0.25) is 0 Å². The molecule has 4 aromatic heterocycles. The van der Waals surface area contributed by atoms with Gasteiger partial charge in [-0.25, -0.2) is 0 Å². The zero-order valence-electron chi connectivity index (χ0n) is 27.6. The van der Waals surface area contributed by atoms with Gasteiger partial charge < -0.3 is 13.5 Å². The first-order chi connectivity index (χ1) is 25.3. The molecule has 12 aromatic rings. The van der Waals surface area contributed by atoms with Crippen molar-refractivity contribution < 1.29 is 0 Å². The predicted octanol–water partition coefficient (Wildman–Crippen LogP) is 12.7. The molecule has 0 amide bonds. The van der Waals surface area contributed by atoms with E-state index in [1.54, 1.807) is 0 Å². The van der Waals surface area contributed by atoms with Crippen LogP contribution in [0.4, 0.5) is 0 Å². The summed E-state index contributed by atoms with van der Waals surface area (Å²) in [5.74, 6) is 0. The molecule has 0 bridgehead atoms. The average molecular weight is 648 g/mol. The fourth-order valence-electron chi connectivity index (χ4n) is 9.00. The number of rotatable bonds is 3. The smallest absolute Gasteiger partial charge is 0.0620 e. The maximum Gasteiger partial charge on any atom is 0.0620 e. The summed E-state index contributed by atoms with van der Waals surface area (Å²) in [6, 6.07) is 64.7. The molecule has 0 N–H and O–H groups in total. The lowest BCUT2D eigenvalue weighted by molar-refractivity contribution is 1.17. The molecule has 51 heavy (non-hydrogen) atoms. The molecule has 0 aliphatic heterocycles. The Bertz CT molecular complexity index is 3270. The maximum absolute atomic E-state index is 2.45. The first kappa shape index (κ1) is 27.0. The Balaban J connectivity index is 1.10. The van der Waals surface area contributed by atoms with Gasteiger partial charge in [0.15, 0.2) is 0 Å². The third-order valence-electron chi connectivity index (χ3n) is 11.1. The van der Waals surface area contributed by atoms with Crippen LogP contribution in [0.5, 0.6) is 0 Å². The Kier molecular flexibility index (Phi) is 5.23. The van der Waals surface area contributed by atoms with Crippen LogP contribution in [0.3, 0.4) is 0 Å². The molecule has 0 radical (unpaired) electrons. The maximum atomic E-state index is 2.45. The Morgan fingerprint density at radius 3 is 1.29 bits per heavy atom. The van der Waals surface area contributed by atoms with E-state index in [4.69, 9.17) is 0 Å². The third-order valence-corrected chi connectivity index (χ3v) is 11.1. The average Bonchev–Trinajstić information content (AvgIpc) is 3.92. The van der Waals surface area contributed by atoms with E-state index in [9.17, 15) is 0 Å². The molecule has 236 valence electrons. The van der Waals surface area contributed by atoms with Gasteiger partial charge in [0.05, 0.1) is 38.6 Å². The molecule has 0 saturated carbocycles. The van der Waals surface area contributed by atoms with Gasteiger partial charge in [-0.15, -0.1) is 0 Å². The summed E-state index contributed by atoms with van der Waals surface area (Å²) in [7, 11) is 0. The molecule has 0 fully saturated rings. The zero-order valence-corrected chi connectivity index (χ0v) is 27.6. The second-order valence-corrected chi connectivity index (χ2v) is 13.8. The highest BCUT2D eigenvalue weighted by Gasteiger charge is 2.20. The second-order valence-electron chi connectivity index (χ2n) is 13.8. The highest BCUT2D eigenvalue weighted by atomic mass is 15.0. The van der Waals surface area contributed by atoms with E-state index >= 15 is 0 Å². The monoisotopic (exact) mass is 647 g/mol. The van der Waals surface area contributed by atoms with Gasteiger partial charge in [-0.2, -0.15) is 0 Å². The van der Waals surface area contributed by atoms with Crippen molar-refractivity contribution in [1.29, 1.82) is 0 Å². The fraction of sp³-hybridized carbons (Fsp3) is 0. The molecule has 3 heteroatoms. The van der Waals surface area contributed by atoms with Crippen molar-refractivity contribution in [3.8, 4) is 22.5 Å². The van der Waals surface area contributed by atoms with Crippen molar-refractivity contribution in [2.75, 3.05) is 0 Å². The van der Waals surface area contributed by atoms with E-state index in [0.29, 0.717) is 0 Å². The normalized spacial score (nSPS) is 12.3. The van der Waals surface area contributed by atoms with Gasteiger partial charge in [0.1, 0.15) is 0 Å². The van der Waals surface area contributed by atoms with Crippen molar-refractivity contribution in [3.05, 3.63) is 176 Å². The van der Waals surface area contributed by atoms with E-state index in [1.807, 2.05) is 0 Å². The van der Waals surface area contributed by atoms with E-state index in [1.165, 1.54) is 98.5 Å². The highest BCUT2D eigenvalue weighted by molar-refractivity contribution is 6.24. The minimum absolute atomic E-state index is 1.16. The molecule has 0 atom stereocenters. The Labute approximate surface area is 292 Å². The number of hydrogen-bond donors (Lipinski definition) is 0. The largest absolute Gasteiger partial charge is 0.309 e. The van der Waals surface area contributed by atoms with Gasteiger partial charge in [-0.05, 0) is 90.0 Å². The lowest BCUT2D eigenvalue weighted by Gasteiger charge is -2.11. The van der Waals surface area contributed by atoms with Crippen molar-refractivity contribution in [2.45, 2.75) is 0 Å². The third kappa shape index (κ3) is 3.57. The molecule has 0 saturated heterocycles. The molecule has 0 aliphatic carbocycles. The number of para-hydroxylation sites is 5. The van der Waals surface area contributed by atoms with Crippen LogP contribution in [0.2, 0.25) is 0 Å². The molecule has 0 unspecified atom stereocenters. The van der Waals surface area contributed by atoms with Crippen molar-refractivity contribution in [2.24, 2.45) is 0 Å². The number of benzene rings is 8. The van der Waals surface area contributed by atoms with E-state index in [-0.39, 0.29) is 0 Å². The quantitative estimate of drug-likeness (QED) is 0.181. The highest BCUT2D eigenvalue weighted by Crippen LogP contribution is 2.43. The van der Waals surface area contributed by atoms with Gasteiger partial charge in [-0.1, -0.05) is 97.1 Å². The van der Waals surface area contributed by atoms with E-state index < -0.39 is 0 Å². The second kappa shape index (κ2) is 9.87. The summed E-state index contributed by atoms with van der Waals surface area (Å²) >= 11 is 0. The summed E-state index contributed by atoms with van der Waals surface area (Å²) < 4.78 is 7.27. The molecule has 12 rings (SSSR count). The topological polar surface area (TPSA) is 14.3 Å². The number of hydrogen-bond acceptors (Lipinski definition) is 0.